The molecule has 2 aromatic heterocycles. The van der Waals surface area contributed by atoms with Gasteiger partial charge in [0.1, 0.15) is 0 Å². The molecule has 2 amide bonds. The maximum atomic E-state index is 12.5. The van der Waals surface area contributed by atoms with Gasteiger partial charge in [0.05, 0.1) is 20.3 Å². The molecule has 8 nitrogen and oxygen atoms in total. The van der Waals surface area contributed by atoms with E-state index in [1.165, 1.54) is 0 Å². The first kappa shape index (κ1) is 21.8. The standard InChI is InChI=1S/C21H27N5O3S/c1-28-17-8-7-15(14-18(17)29-2)9-11-22-21(27)23-16(10-13-30-3)20-25-24-19-6-4-5-12-26(19)20/h4-8,12,14,16H,9-11,13H2,1-3H3,(H2,22,23,27)/t16-/m0/s1. The Morgan fingerprint density at radius 3 is 2.77 bits per heavy atom. The number of thioether (sulfide) groups is 1. The summed E-state index contributed by atoms with van der Waals surface area (Å²) in [5.74, 6) is 2.99. The fraction of sp³-hybridized carbons (Fsp3) is 0.381. The number of nitrogens with zero attached hydrogens (tertiary/aromatic N) is 3. The molecule has 2 N–H and O–H groups in total. The Morgan fingerprint density at radius 1 is 1.17 bits per heavy atom. The summed E-state index contributed by atoms with van der Waals surface area (Å²) >= 11 is 1.73. The minimum Gasteiger partial charge on any atom is -0.493 e. The topological polar surface area (TPSA) is 89.8 Å². The molecule has 0 radical (unpaired) electrons. The highest BCUT2D eigenvalue weighted by Crippen LogP contribution is 2.27. The highest BCUT2D eigenvalue weighted by Gasteiger charge is 2.20. The van der Waals surface area contributed by atoms with E-state index in [-0.39, 0.29) is 12.1 Å². The van der Waals surface area contributed by atoms with Gasteiger partial charge in [-0.25, -0.2) is 4.79 Å². The fourth-order valence-electron chi connectivity index (χ4n) is 3.16. The Balaban J connectivity index is 1.60. The lowest BCUT2D eigenvalue weighted by atomic mass is 10.1. The third kappa shape index (κ3) is 5.35. The quantitative estimate of drug-likeness (QED) is 0.515. The van der Waals surface area contributed by atoms with Crippen molar-refractivity contribution in [2.75, 3.05) is 32.8 Å². The van der Waals surface area contributed by atoms with Crippen LogP contribution in [0.25, 0.3) is 5.65 Å². The number of urea groups is 1. The molecule has 1 aromatic carbocycles. The molecule has 0 saturated heterocycles. The number of carbonyl (C=O) groups is 1. The third-order valence-corrected chi connectivity index (χ3v) is 5.36. The SMILES string of the molecule is COc1ccc(CCNC(=O)N[C@@H](CCSC)c2nnc3ccccn23)cc1OC. The van der Waals surface area contributed by atoms with E-state index >= 15 is 0 Å². The number of benzene rings is 1. The summed E-state index contributed by atoms with van der Waals surface area (Å²) in [6, 6.07) is 11.0. The van der Waals surface area contributed by atoms with E-state index in [0.717, 1.165) is 29.2 Å². The molecule has 3 aromatic rings. The van der Waals surface area contributed by atoms with Gasteiger partial charge in [-0.1, -0.05) is 12.1 Å². The van der Waals surface area contributed by atoms with Crippen molar-refractivity contribution in [1.29, 1.82) is 0 Å². The number of hydrogen-bond acceptors (Lipinski definition) is 6. The van der Waals surface area contributed by atoms with E-state index in [9.17, 15) is 4.79 Å². The first-order chi connectivity index (χ1) is 14.7. The van der Waals surface area contributed by atoms with Crippen LogP contribution in [-0.2, 0) is 6.42 Å². The molecule has 1 atom stereocenters. The van der Waals surface area contributed by atoms with Gasteiger partial charge in [-0.3, -0.25) is 4.40 Å². The zero-order chi connectivity index (χ0) is 21.3. The van der Waals surface area contributed by atoms with E-state index in [4.69, 9.17) is 9.47 Å². The summed E-state index contributed by atoms with van der Waals surface area (Å²) in [4.78, 5) is 12.5. The van der Waals surface area contributed by atoms with Crippen LogP contribution in [0.5, 0.6) is 11.5 Å². The summed E-state index contributed by atoms with van der Waals surface area (Å²) < 4.78 is 12.5. The van der Waals surface area contributed by atoms with Gasteiger partial charge in [0.2, 0.25) is 0 Å². The lowest BCUT2D eigenvalue weighted by Crippen LogP contribution is -2.39. The lowest BCUT2D eigenvalue weighted by Gasteiger charge is -2.17. The number of aromatic nitrogens is 3. The Labute approximate surface area is 180 Å². The highest BCUT2D eigenvalue weighted by atomic mass is 32.2. The second kappa shape index (κ2) is 10.7. The van der Waals surface area contributed by atoms with Crippen LogP contribution in [0, 0.1) is 0 Å². The van der Waals surface area contributed by atoms with Crippen LogP contribution in [0.3, 0.4) is 0 Å². The molecule has 0 fully saturated rings. The second-order valence-corrected chi connectivity index (χ2v) is 7.65. The summed E-state index contributed by atoms with van der Waals surface area (Å²) in [5.41, 5.74) is 1.81. The molecule has 0 spiro atoms. The fourth-order valence-corrected chi connectivity index (χ4v) is 3.64. The maximum absolute atomic E-state index is 12.5. The van der Waals surface area contributed by atoms with Crippen molar-refractivity contribution in [3.8, 4) is 11.5 Å². The number of nitrogens with one attached hydrogen (secondary N) is 2. The average Bonchev–Trinajstić information content (AvgIpc) is 3.20. The van der Waals surface area contributed by atoms with Gasteiger partial charge in [-0.05, 0) is 54.7 Å². The van der Waals surface area contributed by atoms with Gasteiger partial charge in [-0.15, -0.1) is 10.2 Å². The van der Waals surface area contributed by atoms with Crippen molar-refractivity contribution in [3.05, 3.63) is 54.0 Å². The molecule has 0 unspecified atom stereocenters. The Morgan fingerprint density at radius 2 is 2.00 bits per heavy atom. The molecule has 0 aliphatic heterocycles. The van der Waals surface area contributed by atoms with Crippen molar-refractivity contribution in [2.24, 2.45) is 0 Å². The minimum absolute atomic E-state index is 0.226. The predicted molar refractivity (Wildman–Crippen MR) is 119 cm³/mol. The first-order valence-electron chi connectivity index (χ1n) is 9.70. The van der Waals surface area contributed by atoms with Crippen molar-refractivity contribution in [1.82, 2.24) is 25.2 Å². The Bertz CT molecular complexity index is 978. The Kier molecular flexibility index (Phi) is 7.78. The minimum atomic E-state index is -0.228. The monoisotopic (exact) mass is 429 g/mol. The summed E-state index contributed by atoms with van der Waals surface area (Å²) in [5, 5.41) is 14.5. The molecule has 3 rings (SSSR count). The molecule has 2 heterocycles. The first-order valence-corrected chi connectivity index (χ1v) is 11.1. The smallest absolute Gasteiger partial charge is 0.315 e. The van der Waals surface area contributed by atoms with E-state index < -0.39 is 0 Å². The molecular formula is C21H27N5O3S. The van der Waals surface area contributed by atoms with Crippen LogP contribution < -0.4 is 20.1 Å². The van der Waals surface area contributed by atoms with Gasteiger partial charge in [0, 0.05) is 12.7 Å². The van der Waals surface area contributed by atoms with Crippen LogP contribution in [0.15, 0.2) is 42.6 Å². The third-order valence-electron chi connectivity index (χ3n) is 4.71. The van der Waals surface area contributed by atoms with Gasteiger partial charge in [0.15, 0.2) is 23.0 Å². The van der Waals surface area contributed by atoms with Gasteiger partial charge >= 0.3 is 6.03 Å². The number of amides is 2. The lowest BCUT2D eigenvalue weighted by molar-refractivity contribution is 0.236. The highest BCUT2D eigenvalue weighted by molar-refractivity contribution is 7.98. The molecule has 0 bridgehead atoms. The van der Waals surface area contributed by atoms with E-state index in [0.29, 0.717) is 24.5 Å². The number of rotatable bonds is 10. The molecule has 0 aliphatic rings. The summed E-state index contributed by atoms with van der Waals surface area (Å²) in [6.45, 7) is 0.497. The van der Waals surface area contributed by atoms with Crippen LogP contribution in [0.1, 0.15) is 23.9 Å². The molecule has 0 saturated carbocycles. The van der Waals surface area contributed by atoms with E-state index in [2.05, 4.69) is 20.8 Å². The number of ether oxygens (including phenoxy) is 2. The van der Waals surface area contributed by atoms with Crippen LogP contribution in [0.4, 0.5) is 4.79 Å². The maximum Gasteiger partial charge on any atom is 0.315 e. The number of hydrogen-bond donors (Lipinski definition) is 2. The molecule has 30 heavy (non-hydrogen) atoms. The van der Waals surface area contributed by atoms with E-state index in [1.54, 1.807) is 26.0 Å². The van der Waals surface area contributed by atoms with Crippen molar-refractivity contribution in [2.45, 2.75) is 18.9 Å². The molecule has 160 valence electrons. The van der Waals surface area contributed by atoms with Crippen LogP contribution in [-0.4, -0.2) is 53.4 Å². The van der Waals surface area contributed by atoms with Crippen LogP contribution in [0.2, 0.25) is 0 Å². The summed E-state index contributed by atoms with van der Waals surface area (Å²) in [7, 11) is 3.21. The van der Waals surface area contributed by atoms with Crippen molar-refractivity contribution >= 4 is 23.4 Å². The number of carbonyl (C=O) groups excluding carboxylic acids is 1. The van der Waals surface area contributed by atoms with Gasteiger partial charge in [0.25, 0.3) is 0 Å². The van der Waals surface area contributed by atoms with E-state index in [1.807, 2.05) is 53.3 Å². The van der Waals surface area contributed by atoms with Crippen LogP contribution >= 0.6 is 11.8 Å². The molecular weight excluding hydrogens is 402 g/mol. The molecule has 0 aliphatic carbocycles. The van der Waals surface area contributed by atoms with Crippen molar-refractivity contribution < 1.29 is 14.3 Å². The normalized spacial score (nSPS) is 11.8. The van der Waals surface area contributed by atoms with Crippen molar-refractivity contribution in [3.63, 3.8) is 0 Å². The number of pyridine rings is 1. The zero-order valence-electron chi connectivity index (χ0n) is 17.4. The summed E-state index contributed by atoms with van der Waals surface area (Å²) in [6.07, 6.45) is 5.40. The zero-order valence-corrected chi connectivity index (χ0v) is 18.2. The average molecular weight is 430 g/mol. The largest absolute Gasteiger partial charge is 0.493 e. The van der Waals surface area contributed by atoms with Gasteiger partial charge in [-0.2, -0.15) is 11.8 Å². The Hall–Kier alpha value is -2.94. The second-order valence-electron chi connectivity index (χ2n) is 6.66. The predicted octanol–water partition coefficient (Wildman–Crippen LogP) is 3.08. The van der Waals surface area contributed by atoms with Gasteiger partial charge < -0.3 is 20.1 Å². The number of methoxy groups -OCH3 is 2. The number of fused-ring (bicyclic) bond motifs is 1. The molecule has 9 heteroatoms.